The summed E-state index contributed by atoms with van der Waals surface area (Å²) in [6.07, 6.45) is 3.21. The van der Waals surface area contributed by atoms with Crippen LogP contribution in [0.3, 0.4) is 0 Å². The number of hydrogen-bond donors (Lipinski definition) is 3. The average molecular weight is 309 g/mol. The summed E-state index contributed by atoms with van der Waals surface area (Å²) in [7, 11) is 0. The molecule has 2 rings (SSSR count). The summed E-state index contributed by atoms with van der Waals surface area (Å²) in [5, 5.41) is 5.46. The first-order valence-electron chi connectivity index (χ1n) is 7.23. The number of nitrogens with two attached hydrogens (primary N) is 1. The normalized spacial score (nSPS) is 10.5. The first-order valence-corrected chi connectivity index (χ1v) is 7.23. The second kappa shape index (κ2) is 7.91. The molecule has 0 saturated carbocycles. The van der Waals surface area contributed by atoms with Crippen molar-refractivity contribution in [1.82, 2.24) is 0 Å². The summed E-state index contributed by atoms with van der Waals surface area (Å²) in [6.45, 7) is 1.79. The number of carbonyl (C=O) groups is 2. The zero-order chi connectivity index (χ0) is 16.7. The van der Waals surface area contributed by atoms with Gasteiger partial charge in [-0.3, -0.25) is 9.59 Å². The molecule has 0 unspecified atom stereocenters. The molecule has 2 aromatic rings. The first-order chi connectivity index (χ1) is 11.1. The second-order valence-electron chi connectivity index (χ2n) is 5.02. The van der Waals surface area contributed by atoms with Gasteiger partial charge in [0.25, 0.3) is 0 Å². The minimum Gasteiger partial charge on any atom is -0.325 e. The van der Waals surface area contributed by atoms with Crippen molar-refractivity contribution in [3.05, 3.63) is 65.7 Å². The van der Waals surface area contributed by atoms with Gasteiger partial charge < -0.3 is 16.4 Å². The van der Waals surface area contributed by atoms with Crippen LogP contribution in [0.2, 0.25) is 0 Å². The summed E-state index contributed by atoms with van der Waals surface area (Å²) in [5.74, 6) is -0.519. The van der Waals surface area contributed by atoms with E-state index in [2.05, 4.69) is 10.6 Å². The third-order valence-corrected chi connectivity index (χ3v) is 3.19. The highest BCUT2D eigenvalue weighted by Crippen LogP contribution is 2.20. The van der Waals surface area contributed by atoms with Gasteiger partial charge >= 0.3 is 0 Å². The van der Waals surface area contributed by atoms with Gasteiger partial charge in [-0.15, -0.1) is 0 Å². The molecule has 5 nitrogen and oxygen atoms in total. The fourth-order valence-electron chi connectivity index (χ4n) is 1.96. The molecule has 0 heterocycles. The molecule has 0 spiro atoms. The molecule has 0 saturated heterocycles. The number of hydrogen-bond acceptors (Lipinski definition) is 3. The van der Waals surface area contributed by atoms with Gasteiger partial charge in [0.15, 0.2) is 0 Å². The Balaban J connectivity index is 2.06. The lowest BCUT2D eigenvalue weighted by molar-refractivity contribution is -0.115. The van der Waals surface area contributed by atoms with E-state index in [-0.39, 0.29) is 18.4 Å². The third-order valence-electron chi connectivity index (χ3n) is 3.19. The van der Waals surface area contributed by atoms with Crippen LogP contribution in [0, 0.1) is 6.92 Å². The Hall–Kier alpha value is -2.92. The molecular weight excluding hydrogens is 290 g/mol. The van der Waals surface area contributed by atoms with Crippen molar-refractivity contribution in [3.63, 3.8) is 0 Å². The van der Waals surface area contributed by atoms with E-state index in [1.54, 1.807) is 18.2 Å². The van der Waals surface area contributed by atoms with E-state index in [0.29, 0.717) is 11.4 Å². The Morgan fingerprint density at radius 1 is 1.09 bits per heavy atom. The van der Waals surface area contributed by atoms with Crippen LogP contribution in [0.25, 0.3) is 6.08 Å². The monoisotopic (exact) mass is 309 g/mol. The molecule has 5 heteroatoms. The molecule has 0 fully saturated rings. The predicted molar refractivity (Wildman–Crippen MR) is 93.0 cm³/mol. The zero-order valence-corrected chi connectivity index (χ0v) is 12.9. The van der Waals surface area contributed by atoms with Crippen molar-refractivity contribution >= 4 is 29.3 Å². The highest BCUT2D eigenvalue weighted by atomic mass is 16.2. The molecule has 2 aromatic carbocycles. The van der Waals surface area contributed by atoms with Crippen molar-refractivity contribution in [2.75, 3.05) is 17.2 Å². The fraction of sp³-hybridized carbons (Fsp3) is 0.111. The molecule has 0 aliphatic rings. The topological polar surface area (TPSA) is 84.2 Å². The van der Waals surface area contributed by atoms with Gasteiger partial charge in [0.2, 0.25) is 11.8 Å². The molecule has 0 aromatic heterocycles. The lowest BCUT2D eigenvalue weighted by Crippen LogP contribution is -2.22. The molecule has 2 amide bonds. The van der Waals surface area contributed by atoms with Crippen LogP contribution in [0.15, 0.2) is 54.6 Å². The minimum absolute atomic E-state index is 0.0879. The van der Waals surface area contributed by atoms with E-state index in [4.69, 9.17) is 5.73 Å². The van der Waals surface area contributed by atoms with Crippen molar-refractivity contribution < 1.29 is 9.59 Å². The van der Waals surface area contributed by atoms with Gasteiger partial charge in [-0.1, -0.05) is 36.4 Å². The van der Waals surface area contributed by atoms with Crippen LogP contribution in [-0.2, 0) is 9.59 Å². The molecule has 23 heavy (non-hydrogen) atoms. The lowest BCUT2D eigenvalue weighted by atomic mass is 10.1. The van der Waals surface area contributed by atoms with Crippen LogP contribution < -0.4 is 16.4 Å². The first kappa shape index (κ1) is 16.5. The molecule has 0 bridgehead atoms. The van der Waals surface area contributed by atoms with Gasteiger partial charge in [0, 0.05) is 17.5 Å². The highest BCUT2D eigenvalue weighted by Gasteiger charge is 2.05. The zero-order valence-electron chi connectivity index (χ0n) is 12.9. The number of aryl methyl sites for hydroxylation is 1. The van der Waals surface area contributed by atoms with E-state index in [0.717, 1.165) is 11.1 Å². The van der Waals surface area contributed by atoms with Crippen LogP contribution >= 0.6 is 0 Å². The Morgan fingerprint density at radius 2 is 1.83 bits per heavy atom. The quantitative estimate of drug-likeness (QED) is 0.742. The van der Waals surface area contributed by atoms with Gasteiger partial charge in [0.05, 0.1) is 6.54 Å². The van der Waals surface area contributed by atoms with Crippen molar-refractivity contribution in [2.45, 2.75) is 6.92 Å². The number of anilines is 2. The standard InChI is InChI=1S/C18H19N3O2/c1-13-7-9-15(20-18(23)12-19)11-16(13)21-17(22)10-8-14-5-3-2-4-6-14/h2-11H,12,19H2,1H3,(H,20,23)(H,21,22)/b10-8+. The van der Waals surface area contributed by atoms with Crippen LogP contribution in [0.4, 0.5) is 11.4 Å². The summed E-state index contributed by atoms with van der Waals surface area (Å²) in [6, 6.07) is 14.9. The van der Waals surface area contributed by atoms with Crippen molar-refractivity contribution in [3.8, 4) is 0 Å². The Morgan fingerprint density at radius 3 is 2.52 bits per heavy atom. The number of rotatable bonds is 5. The summed E-state index contributed by atoms with van der Waals surface area (Å²) >= 11 is 0. The largest absolute Gasteiger partial charge is 0.325 e. The maximum Gasteiger partial charge on any atom is 0.248 e. The Kier molecular flexibility index (Phi) is 5.66. The predicted octanol–water partition coefficient (Wildman–Crippen LogP) is 2.54. The summed E-state index contributed by atoms with van der Waals surface area (Å²) in [4.78, 5) is 23.3. The van der Waals surface area contributed by atoms with E-state index in [1.165, 1.54) is 6.08 Å². The van der Waals surface area contributed by atoms with Crippen LogP contribution in [0.5, 0.6) is 0 Å². The molecule has 4 N–H and O–H groups in total. The Bertz CT molecular complexity index is 724. The van der Waals surface area contributed by atoms with Crippen LogP contribution in [0.1, 0.15) is 11.1 Å². The molecule has 0 aliphatic heterocycles. The Labute approximate surface area is 135 Å². The summed E-state index contributed by atoms with van der Waals surface area (Å²) < 4.78 is 0. The van der Waals surface area contributed by atoms with E-state index in [1.807, 2.05) is 43.3 Å². The highest BCUT2D eigenvalue weighted by molar-refractivity contribution is 6.03. The molecule has 0 atom stereocenters. The van der Waals surface area contributed by atoms with Crippen molar-refractivity contribution in [2.24, 2.45) is 5.73 Å². The number of amides is 2. The summed E-state index contributed by atoms with van der Waals surface area (Å²) in [5.41, 5.74) is 8.35. The second-order valence-corrected chi connectivity index (χ2v) is 5.02. The minimum atomic E-state index is -0.282. The average Bonchev–Trinajstić information content (AvgIpc) is 2.57. The SMILES string of the molecule is Cc1ccc(NC(=O)CN)cc1NC(=O)/C=C/c1ccccc1. The third kappa shape index (κ3) is 5.09. The maximum atomic E-state index is 12.0. The number of benzene rings is 2. The molecule has 0 radical (unpaired) electrons. The number of carbonyl (C=O) groups excluding carboxylic acids is 2. The van der Waals surface area contributed by atoms with Gasteiger partial charge in [0.1, 0.15) is 0 Å². The van der Waals surface area contributed by atoms with E-state index in [9.17, 15) is 9.59 Å². The van der Waals surface area contributed by atoms with Gasteiger partial charge in [-0.2, -0.15) is 0 Å². The lowest BCUT2D eigenvalue weighted by Gasteiger charge is -2.10. The molecule has 118 valence electrons. The van der Waals surface area contributed by atoms with Gasteiger partial charge in [-0.25, -0.2) is 0 Å². The number of nitrogens with one attached hydrogen (secondary N) is 2. The molecule has 0 aliphatic carbocycles. The van der Waals surface area contributed by atoms with Gasteiger partial charge in [-0.05, 0) is 36.3 Å². The van der Waals surface area contributed by atoms with E-state index < -0.39 is 0 Å². The maximum absolute atomic E-state index is 12.0. The fourth-order valence-corrected chi connectivity index (χ4v) is 1.96. The van der Waals surface area contributed by atoms with E-state index >= 15 is 0 Å². The van der Waals surface area contributed by atoms with Crippen LogP contribution in [-0.4, -0.2) is 18.4 Å². The smallest absolute Gasteiger partial charge is 0.248 e. The van der Waals surface area contributed by atoms with Crippen molar-refractivity contribution in [1.29, 1.82) is 0 Å². The molecular formula is C18H19N3O2.